The van der Waals surface area contributed by atoms with Crippen LogP contribution in [0.4, 0.5) is 17.2 Å². The molecule has 0 amide bonds. The Morgan fingerprint density at radius 2 is 1.90 bits per heavy atom. The maximum Gasteiger partial charge on any atom is 0.166 e. The first-order valence-corrected chi connectivity index (χ1v) is 12.1. The molecule has 0 radical (unpaired) electrons. The van der Waals surface area contributed by atoms with Gasteiger partial charge in [0.05, 0.1) is 29.7 Å². The fourth-order valence-corrected chi connectivity index (χ4v) is 3.82. The lowest BCUT2D eigenvalue weighted by atomic mass is 10.1. The van der Waals surface area contributed by atoms with Crippen LogP contribution < -0.4 is 21.1 Å². The summed E-state index contributed by atoms with van der Waals surface area (Å²) in [6.07, 6.45) is 3.47. The number of methoxy groups -OCH3 is 1. The highest BCUT2D eigenvalue weighted by atomic mass is 31.2. The first kappa shape index (κ1) is 21.5. The second-order valence-electron chi connectivity index (χ2n) is 7.20. The van der Waals surface area contributed by atoms with Gasteiger partial charge in [0.15, 0.2) is 11.5 Å². The van der Waals surface area contributed by atoms with E-state index in [1.807, 2.05) is 30.3 Å². The van der Waals surface area contributed by atoms with Gasteiger partial charge in [-0.1, -0.05) is 13.0 Å². The topological polar surface area (TPSA) is 107 Å². The van der Waals surface area contributed by atoms with Gasteiger partial charge in [-0.25, -0.2) is 4.98 Å². The van der Waals surface area contributed by atoms with E-state index in [1.54, 1.807) is 39.6 Å². The molecule has 0 aliphatic carbocycles. The number of ether oxygens (including phenoxy) is 1. The summed E-state index contributed by atoms with van der Waals surface area (Å²) in [4.78, 5) is 20.8. The lowest BCUT2D eigenvalue weighted by Gasteiger charge is -2.17. The molecule has 0 spiro atoms. The van der Waals surface area contributed by atoms with Crippen molar-refractivity contribution in [2.45, 2.75) is 13.3 Å². The minimum Gasteiger partial charge on any atom is -0.494 e. The zero-order chi connectivity index (χ0) is 21.9. The first-order chi connectivity index (χ1) is 14.2. The summed E-state index contributed by atoms with van der Waals surface area (Å²) < 4.78 is 17.9. The van der Waals surface area contributed by atoms with Crippen molar-refractivity contribution in [3.05, 3.63) is 54.4 Å². The number of aromatic nitrogens is 2. The van der Waals surface area contributed by atoms with Crippen LogP contribution in [0.25, 0.3) is 11.3 Å². The molecule has 0 saturated carbocycles. The van der Waals surface area contributed by atoms with Crippen LogP contribution in [-0.2, 0) is 4.57 Å². The number of carbonyl (C=O) groups excluding carboxylic acids is 1. The van der Waals surface area contributed by atoms with E-state index in [9.17, 15) is 9.36 Å². The predicted octanol–water partition coefficient (Wildman–Crippen LogP) is 4.32. The largest absolute Gasteiger partial charge is 0.494 e. The highest BCUT2D eigenvalue weighted by Crippen LogP contribution is 2.39. The SMILES string of the molecule is CCC(=O)c1cnc(N)cc1Nc1cccc(-c2ccc(P(C)(C)=O)cn2)c1OC. The van der Waals surface area contributed by atoms with Gasteiger partial charge < -0.3 is 20.4 Å². The van der Waals surface area contributed by atoms with E-state index in [0.29, 0.717) is 40.6 Å². The van der Waals surface area contributed by atoms with Crippen molar-refractivity contribution in [2.75, 3.05) is 31.5 Å². The molecule has 156 valence electrons. The molecule has 8 heteroatoms. The number of Topliss-reactive ketones (excluding diaryl/α,β-unsaturated/α-hetero) is 1. The second kappa shape index (κ2) is 8.67. The van der Waals surface area contributed by atoms with E-state index in [1.165, 1.54) is 6.20 Å². The zero-order valence-electron chi connectivity index (χ0n) is 17.5. The number of rotatable bonds is 7. The van der Waals surface area contributed by atoms with Gasteiger partial charge in [0.1, 0.15) is 13.0 Å². The van der Waals surface area contributed by atoms with Gasteiger partial charge in [0.2, 0.25) is 0 Å². The van der Waals surface area contributed by atoms with Crippen LogP contribution in [0.2, 0.25) is 0 Å². The molecule has 0 aliphatic heterocycles. The van der Waals surface area contributed by atoms with Crippen molar-refractivity contribution in [1.29, 1.82) is 0 Å². The van der Waals surface area contributed by atoms with Crippen LogP contribution >= 0.6 is 7.14 Å². The van der Waals surface area contributed by atoms with E-state index in [0.717, 1.165) is 10.9 Å². The number of benzene rings is 1. The Labute approximate surface area is 176 Å². The Kier molecular flexibility index (Phi) is 6.22. The molecule has 3 aromatic rings. The fourth-order valence-electron chi connectivity index (χ4n) is 3.05. The molecule has 0 bridgehead atoms. The zero-order valence-corrected chi connectivity index (χ0v) is 18.4. The van der Waals surface area contributed by atoms with Crippen LogP contribution in [0, 0.1) is 0 Å². The third-order valence-electron chi connectivity index (χ3n) is 4.68. The van der Waals surface area contributed by atoms with Crippen molar-refractivity contribution in [1.82, 2.24) is 9.97 Å². The Balaban J connectivity index is 2.04. The van der Waals surface area contributed by atoms with E-state index in [2.05, 4.69) is 15.3 Å². The number of hydrogen-bond acceptors (Lipinski definition) is 7. The third kappa shape index (κ3) is 4.52. The lowest BCUT2D eigenvalue weighted by Crippen LogP contribution is -2.07. The third-order valence-corrected chi connectivity index (χ3v) is 6.19. The van der Waals surface area contributed by atoms with Gasteiger partial charge in [0, 0.05) is 35.7 Å². The maximum atomic E-state index is 12.3. The quantitative estimate of drug-likeness (QED) is 0.430. The molecule has 0 atom stereocenters. The number of nitrogens with two attached hydrogens (primary N) is 1. The highest BCUT2D eigenvalue weighted by Gasteiger charge is 2.17. The Morgan fingerprint density at radius 1 is 1.13 bits per heavy atom. The molecule has 3 N–H and O–H groups in total. The monoisotopic (exact) mass is 424 g/mol. The van der Waals surface area contributed by atoms with Crippen LogP contribution in [0.15, 0.2) is 48.8 Å². The number of hydrogen-bond donors (Lipinski definition) is 2. The van der Waals surface area contributed by atoms with Gasteiger partial charge in [-0.15, -0.1) is 0 Å². The van der Waals surface area contributed by atoms with Gasteiger partial charge in [-0.2, -0.15) is 0 Å². The molecular weight excluding hydrogens is 399 g/mol. The molecule has 2 heterocycles. The van der Waals surface area contributed by atoms with Crippen LogP contribution in [0.5, 0.6) is 5.75 Å². The van der Waals surface area contributed by atoms with Crippen molar-refractivity contribution < 1.29 is 14.1 Å². The number of nitrogen functional groups attached to an aromatic ring is 1. The number of ketones is 1. The molecule has 0 aliphatic rings. The minimum absolute atomic E-state index is 0.0408. The van der Waals surface area contributed by atoms with Gasteiger partial charge in [-0.05, 0) is 37.6 Å². The normalized spacial score (nSPS) is 11.2. The number of carbonyl (C=O) groups is 1. The molecule has 1 aromatic carbocycles. The van der Waals surface area contributed by atoms with Gasteiger partial charge in [0.25, 0.3) is 0 Å². The van der Waals surface area contributed by atoms with E-state index in [4.69, 9.17) is 10.5 Å². The Hall–Kier alpha value is -3.18. The van der Waals surface area contributed by atoms with Crippen LogP contribution in [-0.4, -0.2) is 36.2 Å². The number of pyridine rings is 2. The smallest absolute Gasteiger partial charge is 0.166 e. The van der Waals surface area contributed by atoms with E-state index >= 15 is 0 Å². The molecule has 2 aromatic heterocycles. The van der Waals surface area contributed by atoms with E-state index < -0.39 is 7.14 Å². The minimum atomic E-state index is -2.38. The number of para-hydroxylation sites is 1. The molecule has 30 heavy (non-hydrogen) atoms. The van der Waals surface area contributed by atoms with Crippen molar-refractivity contribution in [3.63, 3.8) is 0 Å². The Morgan fingerprint density at radius 3 is 2.50 bits per heavy atom. The molecule has 3 rings (SSSR count). The Bertz CT molecular complexity index is 1120. The first-order valence-electron chi connectivity index (χ1n) is 9.49. The van der Waals surface area contributed by atoms with Crippen molar-refractivity contribution in [2.24, 2.45) is 0 Å². The van der Waals surface area contributed by atoms with Crippen LogP contribution in [0.3, 0.4) is 0 Å². The molecule has 0 unspecified atom stereocenters. The molecular formula is C22H25N4O3P. The van der Waals surface area contributed by atoms with Crippen LogP contribution in [0.1, 0.15) is 23.7 Å². The standard InChI is InChI=1S/C22H25N4O3P/c1-5-20(27)16-13-25-21(23)11-19(16)26-18-8-6-7-15(22(18)29-2)17-10-9-14(12-24-17)30(3,4)28/h6-13H,5H2,1-4H3,(H3,23,25,26). The second-order valence-corrected chi connectivity index (χ2v) is 10.4. The molecule has 7 nitrogen and oxygen atoms in total. The summed E-state index contributed by atoms with van der Waals surface area (Å²) >= 11 is 0. The predicted molar refractivity (Wildman–Crippen MR) is 122 cm³/mol. The van der Waals surface area contributed by atoms with E-state index in [-0.39, 0.29) is 5.78 Å². The lowest BCUT2D eigenvalue weighted by molar-refractivity contribution is 0.0988. The average Bonchev–Trinajstić information content (AvgIpc) is 2.72. The molecule has 0 saturated heterocycles. The van der Waals surface area contributed by atoms with Gasteiger partial charge >= 0.3 is 0 Å². The number of nitrogens with one attached hydrogen (secondary N) is 1. The highest BCUT2D eigenvalue weighted by molar-refractivity contribution is 7.70. The summed E-state index contributed by atoms with van der Waals surface area (Å²) in [6, 6.07) is 10.9. The summed E-state index contributed by atoms with van der Waals surface area (Å²) in [6.45, 7) is 5.22. The fraction of sp³-hybridized carbons (Fsp3) is 0.227. The number of anilines is 3. The van der Waals surface area contributed by atoms with Gasteiger partial charge in [-0.3, -0.25) is 9.78 Å². The number of nitrogens with zero attached hydrogens (tertiary/aromatic N) is 2. The molecule has 0 fully saturated rings. The van der Waals surface area contributed by atoms with Crippen molar-refractivity contribution >= 4 is 35.4 Å². The summed E-state index contributed by atoms with van der Waals surface area (Å²) in [5.74, 6) is 0.834. The summed E-state index contributed by atoms with van der Waals surface area (Å²) in [5.41, 5.74) is 8.97. The maximum absolute atomic E-state index is 12.3. The van der Waals surface area contributed by atoms with Crippen molar-refractivity contribution in [3.8, 4) is 17.0 Å². The summed E-state index contributed by atoms with van der Waals surface area (Å²) in [7, 11) is -0.809. The summed E-state index contributed by atoms with van der Waals surface area (Å²) in [5, 5.41) is 3.97. The average molecular weight is 424 g/mol.